The number of hydrogen-bond acceptors (Lipinski definition) is 5. The number of ether oxygens (including phenoxy) is 2. The van der Waals surface area contributed by atoms with E-state index in [1.165, 1.54) is 24.9 Å². The van der Waals surface area contributed by atoms with Crippen LogP contribution in [-0.2, 0) is 4.74 Å². The van der Waals surface area contributed by atoms with Gasteiger partial charge in [-0.05, 0) is 56.9 Å². The van der Waals surface area contributed by atoms with E-state index in [1.54, 1.807) is 12.1 Å². The fraction of sp³-hybridized carbons (Fsp3) is 0.387. The molecule has 0 N–H and O–H groups in total. The maximum Gasteiger partial charge on any atom is 0.338 e. The highest BCUT2D eigenvalue weighted by Crippen LogP contribution is 2.47. The average molecular weight is 485 g/mol. The van der Waals surface area contributed by atoms with E-state index in [9.17, 15) is 4.79 Å². The third kappa shape index (κ3) is 5.06. The molecular formula is C31H36N2O3. The normalized spacial score (nSPS) is 16.5. The van der Waals surface area contributed by atoms with Crippen LogP contribution >= 0.6 is 0 Å². The molecule has 2 heterocycles. The molecule has 2 aliphatic rings. The van der Waals surface area contributed by atoms with Crippen LogP contribution in [0.2, 0.25) is 0 Å². The Labute approximate surface area is 214 Å². The molecule has 5 nitrogen and oxygen atoms in total. The van der Waals surface area contributed by atoms with Crippen molar-refractivity contribution in [3.8, 4) is 11.5 Å². The van der Waals surface area contributed by atoms with Gasteiger partial charge in [0, 0.05) is 60.8 Å². The van der Waals surface area contributed by atoms with Crippen LogP contribution in [0.4, 0.5) is 11.4 Å². The SMILES string of the molecule is CCCN(CC)c1ccc2c(c1)Oc1cc(N3CCCCC3)ccc1C2COC(=O)c1ccccc1. The Morgan fingerprint density at radius 3 is 2.39 bits per heavy atom. The molecule has 0 radical (unpaired) electrons. The van der Waals surface area contributed by atoms with Crippen LogP contribution in [-0.4, -0.2) is 38.8 Å². The van der Waals surface area contributed by atoms with E-state index in [-0.39, 0.29) is 18.5 Å². The molecule has 1 fully saturated rings. The first-order valence-electron chi connectivity index (χ1n) is 13.4. The van der Waals surface area contributed by atoms with Gasteiger partial charge in [-0.3, -0.25) is 0 Å². The molecule has 1 unspecified atom stereocenters. The highest BCUT2D eigenvalue weighted by molar-refractivity contribution is 5.89. The lowest BCUT2D eigenvalue weighted by Crippen LogP contribution is -2.29. The molecule has 188 valence electrons. The first kappa shape index (κ1) is 24.2. The minimum atomic E-state index is -0.299. The molecule has 0 saturated carbocycles. The third-order valence-electron chi connectivity index (χ3n) is 7.32. The molecule has 3 aromatic rings. The number of fused-ring (bicyclic) bond motifs is 2. The first-order chi connectivity index (χ1) is 17.7. The molecule has 0 aromatic heterocycles. The van der Waals surface area contributed by atoms with Crippen molar-refractivity contribution in [1.29, 1.82) is 0 Å². The highest BCUT2D eigenvalue weighted by Gasteiger charge is 2.30. The van der Waals surface area contributed by atoms with Gasteiger partial charge in [0.15, 0.2) is 0 Å². The molecule has 0 aliphatic carbocycles. The Kier molecular flexibility index (Phi) is 7.45. The Balaban J connectivity index is 1.47. The molecule has 3 aromatic carbocycles. The van der Waals surface area contributed by atoms with Gasteiger partial charge in [-0.25, -0.2) is 4.79 Å². The zero-order valence-electron chi connectivity index (χ0n) is 21.4. The zero-order valence-corrected chi connectivity index (χ0v) is 21.4. The van der Waals surface area contributed by atoms with E-state index in [2.05, 4.69) is 60.0 Å². The second-order valence-electron chi connectivity index (χ2n) is 9.69. The van der Waals surface area contributed by atoms with Crippen molar-refractivity contribution in [3.05, 3.63) is 83.4 Å². The number of carbonyl (C=O) groups is 1. The van der Waals surface area contributed by atoms with Crippen molar-refractivity contribution in [2.24, 2.45) is 0 Å². The number of hydrogen-bond donors (Lipinski definition) is 0. The third-order valence-corrected chi connectivity index (χ3v) is 7.32. The summed E-state index contributed by atoms with van der Waals surface area (Å²) in [6.07, 6.45) is 4.85. The number of piperidine rings is 1. The number of rotatable bonds is 8. The molecule has 0 bridgehead atoms. The summed E-state index contributed by atoms with van der Waals surface area (Å²) in [5.74, 6) is 1.34. The summed E-state index contributed by atoms with van der Waals surface area (Å²) in [5.41, 5.74) is 5.06. The Bertz CT molecular complexity index is 1130. The Morgan fingerprint density at radius 1 is 0.944 bits per heavy atom. The van der Waals surface area contributed by atoms with Crippen molar-refractivity contribution in [2.45, 2.75) is 45.4 Å². The molecule has 5 heteroatoms. The molecule has 1 atom stereocenters. The van der Waals surface area contributed by atoms with Crippen molar-refractivity contribution in [1.82, 2.24) is 0 Å². The van der Waals surface area contributed by atoms with Gasteiger partial charge in [-0.15, -0.1) is 0 Å². The molecule has 1 saturated heterocycles. The molecule has 0 amide bonds. The second kappa shape index (κ2) is 11.1. The average Bonchev–Trinajstić information content (AvgIpc) is 2.94. The van der Waals surface area contributed by atoms with E-state index in [1.807, 2.05) is 18.2 Å². The lowest BCUT2D eigenvalue weighted by Gasteiger charge is -2.33. The molecule has 2 aliphatic heterocycles. The fourth-order valence-electron chi connectivity index (χ4n) is 5.37. The van der Waals surface area contributed by atoms with Gasteiger partial charge in [-0.1, -0.05) is 37.3 Å². The largest absolute Gasteiger partial charge is 0.461 e. The van der Waals surface area contributed by atoms with Gasteiger partial charge in [0.2, 0.25) is 0 Å². The smallest absolute Gasteiger partial charge is 0.338 e. The van der Waals surface area contributed by atoms with Gasteiger partial charge in [0.25, 0.3) is 0 Å². The lowest BCUT2D eigenvalue weighted by atomic mass is 9.88. The number of benzene rings is 3. The van der Waals surface area contributed by atoms with E-state index in [0.717, 1.165) is 60.9 Å². The van der Waals surface area contributed by atoms with Gasteiger partial charge < -0.3 is 19.3 Å². The van der Waals surface area contributed by atoms with Crippen molar-refractivity contribution in [2.75, 3.05) is 42.6 Å². The van der Waals surface area contributed by atoms with Crippen molar-refractivity contribution in [3.63, 3.8) is 0 Å². The summed E-state index contributed by atoms with van der Waals surface area (Å²) in [6, 6.07) is 22.2. The fourth-order valence-corrected chi connectivity index (χ4v) is 5.37. The topological polar surface area (TPSA) is 42.0 Å². The molecular weight excluding hydrogens is 448 g/mol. The van der Waals surface area contributed by atoms with E-state index in [0.29, 0.717) is 5.56 Å². The summed E-state index contributed by atoms with van der Waals surface area (Å²) in [4.78, 5) is 17.6. The van der Waals surface area contributed by atoms with Crippen LogP contribution in [0.1, 0.15) is 66.9 Å². The minimum Gasteiger partial charge on any atom is -0.461 e. The summed E-state index contributed by atoms with van der Waals surface area (Å²) < 4.78 is 12.4. The predicted molar refractivity (Wildman–Crippen MR) is 146 cm³/mol. The standard InChI is InChI=1S/C31H36N2O3/c1-3-17-32(4-2)24-13-15-26-28(22-35-31(34)23-11-7-5-8-12-23)27-16-14-25(33-18-9-6-10-19-33)21-30(27)36-29(26)20-24/h5,7-8,11-16,20-21,28H,3-4,6,9-10,17-19,22H2,1-2H3. The maximum absolute atomic E-state index is 12.8. The summed E-state index contributed by atoms with van der Waals surface area (Å²) >= 11 is 0. The van der Waals surface area contributed by atoms with Gasteiger partial charge in [0.1, 0.15) is 18.1 Å². The van der Waals surface area contributed by atoms with Gasteiger partial charge in [-0.2, -0.15) is 0 Å². The molecule has 36 heavy (non-hydrogen) atoms. The second-order valence-corrected chi connectivity index (χ2v) is 9.69. The summed E-state index contributed by atoms with van der Waals surface area (Å²) in [6.45, 7) is 8.77. The summed E-state index contributed by atoms with van der Waals surface area (Å²) in [5, 5.41) is 0. The maximum atomic E-state index is 12.8. The predicted octanol–water partition coefficient (Wildman–Crippen LogP) is 7.01. The quantitative estimate of drug-likeness (QED) is 0.322. The van der Waals surface area contributed by atoms with E-state index in [4.69, 9.17) is 9.47 Å². The van der Waals surface area contributed by atoms with Crippen LogP contribution in [0.25, 0.3) is 0 Å². The highest BCUT2D eigenvalue weighted by atomic mass is 16.5. The Hall–Kier alpha value is -3.47. The zero-order chi connectivity index (χ0) is 24.9. The number of carbonyl (C=O) groups excluding carboxylic acids is 1. The van der Waals surface area contributed by atoms with Gasteiger partial charge in [0.05, 0.1) is 11.5 Å². The first-order valence-corrected chi connectivity index (χ1v) is 13.4. The molecule has 0 spiro atoms. The van der Waals surface area contributed by atoms with Crippen LogP contribution in [0.3, 0.4) is 0 Å². The van der Waals surface area contributed by atoms with Gasteiger partial charge >= 0.3 is 5.97 Å². The van der Waals surface area contributed by atoms with E-state index < -0.39 is 0 Å². The minimum absolute atomic E-state index is 0.0814. The Morgan fingerprint density at radius 2 is 1.67 bits per heavy atom. The van der Waals surface area contributed by atoms with Crippen LogP contribution in [0, 0.1) is 0 Å². The van der Waals surface area contributed by atoms with Crippen LogP contribution in [0.5, 0.6) is 11.5 Å². The van der Waals surface area contributed by atoms with Crippen LogP contribution < -0.4 is 14.5 Å². The molecule has 5 rings (SSSR count). The number of anilines is 2. The number of nitrogens with zero attached hydrogens (tertiary/aromatic N) is 2. The lowest BCUT2D eigenvalue weighted by molar-refractivity contribution is 0.0489. The van der Waals surface area contributed by atoms with Crippen molar-refractivity contribution >= 4 is 17.3 Å². The van der Waals surface area contributed by atoms with Crippen molar-refractivity contribution < 1.29 is 14.3 Å². The monoisotopic (exact) mass is 484 g/mol. The number of esters is 1. The van der Waals surface area contributed by atoms with Crippen LogP contribution in [0.15, 0.2) is 66.7 Å². The summed E-state index contributed by atoms with van der Waals surface area (Å²) in [7, 11) is 0. The van der Waals surface area contributed by atoms with E-state index >= 15 is 0 Å².